The number of piperazine rings is 1. The smallest absolute Gasteiger partial charge is 0.260 e. The van der Waals surface area contributed by atoms with E-state index in [0.29, 0.717) is 11.6 Å². The number of amides is 1. The predicted molar refractivity (Wildman–Crippen MR) is 104 cm³/mol. The van der Waals surface area contributed by atoms with Crippen LogP contribution >= 0.6 is 0 Å². The Bertz CT molecular complexity index is 874. The van der Waals surface area contributed by atoms with E-state index in [9.17, 15) is 4.79 Å². The summed E-state index contributed by atoms with van der Waals surface area (Å²) >= 11 is 0. The Hall–Kier alpha value is -3.19. The second kappa shape index (κ2) is 8.67. The molecule has 1 aliphatic heterocycles. The summed E-state index contributed by atoms with van der Waals surface area (Å²) in [7, 11) is 0. The summed E-state index contributed by atoms with van der Waals surface area (Å²) in [5.74, 6) is 1.11. The molecule has 0 aliphatic carbocycles. The molecule has 0 radical (unpaired) electrons. The Morgan fingerprint density at radius 1 is 1.00 bits per heavy atom. The first-order valence-corrected chi connectivity index (χ1v) is 9.31. The summed E-state index contributed by atoms with van der Waals surface area (Å²) in [6.07, 6.45) is 1.29. The van der Waals surface area contributed by atoms with Gasteiger partial charge < -0.3 is 14.1 Å². The average Bonchev–Trinajstić information content (AvgIpc) is 3.29. The van der Waals surface area contributed by atoms with Crippen molar-refractivity contribution in [2.45, 2.75) is 6.54 Å². The van der Waals surface area contributed by atoms with E-state index in [4.69, 9.17) is 9.15 Å². The van der Waals surface area contributed by atoms with Crippen LogP contribution in [0.4, 0.5) is 0 Å². The van der Waals surface area contributed by atoms with Crippen molar-refractivity contribution in [1.82, 2.24) is 20.0 Å². The average molecular weight is 378 g/mol. The minimum Gasteiger partial charge on any atom is -0.484 e. The maximum Gasteiger partial charge on any atom is 0.260 e. The van der Waals surface area contributed by atoms with Gasteiger partial charge in [0, 0.05) is 38.3 Å². The molecule has 144 valence electrons. The zero-order valence-electron chi connectivity index (χ0n) is 15.5. The molecule has 1 saturated heterocycles. The molecule has 0 atom stereocenters. The minimum absolute atomic E-state index is 0.0142. The van der Waals surface area contributed by atoms with Crippen LogP contribution in [-0.4, -0.2) is 58.7 Å². The van der Waals surface area contributed by atoms with E-state index in [1.54, 1.807) is 12.1 Å². The number of hydrogen-bond acceptors (Lipinski definition) is 6. The van der Waals surface area contributed by atoms with Gasteiger partial charge in [0.1, 0.15) is 5.75 Å². The fourth-order valence-electron chi connectivity index (χ4n) is 3.23. The molecule has 0 saturated carbocycles. The molecule has 7 nitrogen and oxygen atoms in total. The van der Waals surface area contributed by atoms with Gasteiger partial charge in [-0.3, -0.25) is 9.69 Å². The topological polar surface area (TPSA) is 71.7 Å². The molecule has 7 heteroatoms. The molecule has 1 amide bonds. The van der Waals surface area contributed by atoms with Crippen molar-refractivity contribution in [3.05, 3.63) is 66.6 Å². The quantitative estimate of drug-likeness (QED) is 0.656. The highest BCUT2D eigenvalue weighted by Crippen LogP contribution is 2.20. The Morgan fingerprint density at radius 2 is 1.75 bits per heavy atom. The normalized spacial score (nSPS) is 14.8. The standard InChI is InChI=1S/C21H22N4O3/c26-20(15-27-19-8-6-18(7-9-19)21-23-22-16-28-21)25-12-10-24(11-13-25)14-17-4-2-1-3-5-17/h1-9,16H,10-15H2. The van der Waals surface area contributed by atoms with Crippen molar-refractivity contribution in [2.75, 3.05) is 32.8 Å². The Labute approximate surface area is 163 Å². The highest BCUT2D eigenvalue weighted by molar-refractivity contribution is 5.78. The zero-order valence-corrected chi connectivity index (χ0v) is 15.5. The lowest BCUT2D eigenvalue weighted by Crippen LogP contribution is -2.49. The van der Waals surface area contributed by atoms with Crippen molar-refractivity contribution in [2.24, 2.45) is 0 Å². The lowest BCUT2D eigenvalue weighted by molar-refractivity contribution is -0.135. The number of benzene rings is 2. The van der Waals surface area contributed by atoms with Crippen molar-refractivity contribution in [3.8, 4) is 17.2 Å². The summed E-state index contributed by atoms with van der Waals surface area (Å²) < 4.78 is 10.8. The maximum absolute atomic E-state index is 12.4. The first kappa shape index (κ1) is 18.2. The molecular weight excluding hydrogens is 356 g/mol. The number of carbonyl (C=O) groups is 1. The Morgan fingerprint density at radius 3 is 2.43 bits per heavy atom. The minimum atomic E-state index is 0.0142. The molecule has 1 aromatic heterocycles. The van der Waals surface area contributed by atoms with Crippen molar-refractivity contribution in [1.29, 1.82) is 0 Å². The monoisotopic (exact) mass is 378 g/mol. The molecule has 28 heavy (non-hydrogen) atoms. The maximum atomic E-state index is 12.4. The van der Waals surface area contributed by atoms with Crippen LogP contribution in [0.1, 0.15) is 5.56 Å². The lowest BCUT2D eigenvalue weighted by Gasteiger charge is -2.34. The summed E-state index contributed by atoms with van der Waals surface area (Å²) in [6, 6.07) is 17.7. The van der Waals surface area contributed by atoms with E-state index in [2.05, 4.69) is 39.4 Å². The Kier molecular flexibility index (Phi) is 5.63. The number of carbonyl (C=O) groups excluding carboxylic acids is 1. The summed E-state index contributed by atoms with van der Waals surface area (Å²) in [5.41, 5.74) is 2.11. The van der Waals surface area contributed by atoms with Gasteiger partial charge in [0.05, 0.1) is 0 Å². The number of rotatable bonds is 6. The van der Waals surface area contributed by atoms with Gasteiger partial charge in [0.15, 0.2) is 6.61 Å². The number of ether oxygens (including phenoxy) is 1. The molecule has 2 heterocycles. The third-order valence-corrected chi connectivity index (χ3v) is 4.80. The van der Waals surface area contributed by atoms with Gasteiger partial charge in [-0.05, 0) is 29.8 Å². The molecule has 4 rings (SSSR count). The van der Waals surface area contributed by atoms with Gasteiger partial charge in [-0.25, -0.2) is 0 Å². The van der Waals surface area contributed by atoms with Gasteiger partial charge >= 0.3 is 0 Å². The highest BCUT2D eigenvalue weighted by Gasteiger charge is 2.21. The van der Waals surface area contributed by atoms with Gasteiger partial charge in [-0.15, -0.1) is 10.2 Å². The summed E-state index contributed by atoms with van der Waals surface area (Å²) in [6.45, 7) is 4.17. The zero-order chi connectivity index (χ0) is 19.2. The second-order valence-corrected chi connectivity index (χ2v) is 6.70. The van der Waals surface area contributed by atoms with Crippen molar-refractivity contribution < 1.29 is 13.9 Å². The fourth-order valence-corrected chi connectivity index (χ4v) is 3.23. The first-order valence-electron chi connectivity index (χ1n) is 9.31. The van der Waals surface area contributed by atoms with E-state index >= 15 is 0 Å². The van der Waals surface area contributed by atoms with E-state index < -0.39 is 0 Å². The molecule has 0 N–H and O–H groups in total. The Balaban J connectivity index is 1.22. The predicted octanol–water partition coefficient (Wildman–Crippen LogP) is 2.46. The van der Waals surface area contributed by atoms with Crippen LogP contribution in [0.15, 0.2) is 65.4 Å². The van der Waals surface area contributed by atoms with E-state index in [1.807, 2.05) is 23.1 Å². The van der Waals surface area contributed by atoms with E-state index in [0.717, 1.165) is 38.3 Å². The van der Waals surface area contributed by atoms with Crippen LogP contribution in [0.2, 0.25) is 0 Å². The SMILES string of the molecule is O=C(COc1ccc(-c2nnco2)cc1)N1CCN(Cc2ccccc2)CC1. The lowest BCUT2D eigenvalue weighted by atomic mass is 10.2. The number of hydrogen-bond donors (Lipinski definition) is 0. The summed E-state index contributed by atoms with van der Waals surface area (Å²) in [5, 5.41) is 7.52. The number of aromatic nitrogens is 2. The fraction of sp³-hybridized carbons (Fsp3) is 0.286. The van der Waals surface area contributed by atoms with Crippen molar-refractivity contribution >= 4 is 5.91 Å². The molecule has 1 aliphatic rings. The summed E-state index contributed by atoms with van der Waals surface area (Å²) in [4.78, 5) is 16.7. The van der Waals surface area contributed by atoms with Gasteiger partial charge in [0.25, 0.3) is 5.91 Å². The van der Waals surface area contributed by atoms with Crippen LogP contribution in [-0.2, 0) is 11.3 Å². The van der Waals surface area contributed by atoms with Crippen LogP contribution in [0.3, 0.4) is 0 Å². The van der Waals surface area contributed by atoms with Crippen LogP contribution in [0.5, 0.6) is 5.75 Å². The molecule has 1 fully saturated rings. The highest BCUT2D eigenvalue weighted by atomic mass is 16.5. The first-order chi connectivity index (χ1) is 13.8. The third kappa shape index (κ3) is 4.55. The second-order valence-electron chi connectivity index (χ2n) is 6.70. The van der Waals surface area contributed by atoms with Crippen LogP contribution in [0, 0.1) is 0 Å². The van der Waals surface area contributed by atoms with E-state index in [-0.39, 0.29) is 12.5 Å². The van der Waals surface area contributed by atoms with Gasteiger partial charge in [-0.1, -0.05) is 30.3 Å². The molecule has 2 aromatic carbocycles. The molecule has 0 bridgehead atoms. The van der Waals surface area contributed by atoms with Crippen LogP contribution < -0.4 is 4.74 Å². The number of nitrogens with zero attached hydrogens (tertiary/aromatic N) is 4. The van der Waals surface area contributed by atoms with Gasteiger partial charge in [0.2, 0.25) is 12.3 Å². The molecule has 0 spiro atoms. The van der Waals surface area contributed by atoms with Gasteiger partial charge in [-0.2, -0.15) is 0 Å². The molecule has 0 unspecified atom stereocenters. The van der Waals surface area contributed by atoms with Crippen LogP contribution in [0.25, 0.3) is 11.5 Å². The van der Waals surface area contributed by atoms with Crippen molar-refractivity contribution in [3.63, 3.8) is 0 Å². The largest absolute Gasteiger partial charge is 0.484 e. The van der Waals surface area contributed by atoms with E-state index in [1.165, 1.54) is 12.0 Å². The molecule has 3 aromatic rings. The molecular formula is C21H22N4O3. The third-order valence-electron chi connectivity index (χ3n) is 4.80.